The van der Waals surface area contributed by atoms with E-state index in [0.29, 0.717) is 12.5 Å². The lowest BCUT2D eigenvalue weighted by atomic mass is 9.75. The maximum atomic E-state index is 5.95. The fourth-order valence-corrected chi connectivity index (χ4v) is 3.90. The van der Waals surface area contributed by atoms with Gasteiger partial charge < -0.3 is 18.9 Å². The quantitative estimate of drug-likeness (QED) is 0.679. The topological polar surface area (TPSA) is 36.9 Å². The third-order valence-electron chi connectivity index (χ3n) is 5.38. The Morgan fingerprint density at radius 1 is 1.04 bits per heavy atom. The average molecular weight is 363 g/mol. The van der Waals surface area contributed by atoms with E-state index in [9.17, 15) is 0 Å². The van der Waals surface area contributed by atoms with Crippen LogP contribution in [-0.2, 0) is 20.8 Å². The molecule has 0 bridgehead atoms. The summed E-state index contributed by atoms with van der Waals surface area (Å²) >= 11 is 0. The van der Waals surface area contributed by atoms with Gasteiger partial charge in [-0.15, -0.1) is 0 Å². The molecule has 2 aliphatic rings. The summed E-state index contributed by atoms with van der Waals surface area (Å²) in [6, 6.07) is 4.42. The van der Waals surface area contributed by atoms with E-state index in [2.05, 4.69) is 53.7 Å². The highest BCUT2D eigenvalue weighted by Gasteiger charge is 2.45. The predicted molar refractivity (Wildman–Crippen MR) is 102 cm³/mol. The summed E-state index contributed by atoms with van der Waals surface area (Å²) in [6.07, 6.45) is 0.156. The minimum absolute atomic E-state index is 0.0458. The zero-order valence-corrected chi connectivity index (χ0v) is 17.3. The molecule has 146 valence electrons. The summed E-state index contributed by atoms with van der Waals surface area (Å²) in [5.41, 5.74) is 3.66. The van der Waals surface area contributed by atoms with E-state index in [-0.39, 0.29) is 23.0 Å². The largest absolute Gasteiger partial charge is 0.496 e. The van der Waals surface area contributed by atoms with Crippen LogP contribution in [0.15, 0.2) is 12.1 Å². The first kappa shape index (κ1) is 19.7. The molecule has 2 heterocycles. The SMILES string of the molecule is COc1c(COCC(C)C)cc(C2OCC2(C)C)cc1C1OCC1(C)C. The lowest BCUT2D eigenvalue weighted by Gasteiger charge is -2.47. The van der Waals surface area contributed by atoms with Gasteiger partial charge in [0.1, 0.15) is 5.75 Å². The molecule has 2 fully saturated rings. The molecule has 3 rings (SSSR count). The Bertz CT molecular complexity index is 648. The first-order valence-corrected chi connectivity index (χ1v) is 9.67. The van der Waals surface area contributed by atoms with Crippen molar-refractivity contribution in [2.45, 2.75) is 60.4 Å². The highest BCUT2D eigenvalue weighted by atomic mass is 16.5. The molecule has 0 amide bonds. The van der Waals surface area contributed by atoms with E-state index < -0.39 is 0 Å². The second kappa shape index (κ2) is 7.14. The number of benzene rings is 1. The Balaban J connectivity index is 1.98. The van der Waals surface area contributed by atoms with E-state index >= 15 is 0 Å². The van der Waals surface area contributed by atoms with Crippen LogP contribution in [0, 0.1) is 16.7 Å². The van der Waals surface area contributed by atoms with Crippen LogP contribution in [0.4, 0.5) is 0 Å². The van der Waals surface area contributed by atoms with Gasteiger partial charge in [0.2, 0.25) is 0 Å². The Kier molecular flexibility index (Phi) is 5.40. The van der Waals surface area contributed by atoms with Gasteiger partial charge in [0.05, 0.1) is 39.1 Å². The summed E-state index contributed by atoms with van der Waals surface area (Å²) in [5, 5.41) is 0. The Labute approximate surface area is 158 Å². The summed E-state index contributed by atoms with van der Waals surface area (Å²) in [6.45, 7) is 16.2. The van der Waals surface area contributed by atoms with Crippen LogP contribution in [-0.4, -0.2) is 26.9 Å². The first-order valence-electron chi connectivity index (χ1n) is 9.67. The normalized spacial score (nSPS) is 26.3. The molecule has 1 aromatic rings. The molecular formula is C22H34O4. The van der Waals surface area contributed by atoms with Crippen molar-refractivity contribution in [3.05, 3.63) is 28.8 Å². The third-order valence-corrected chi connectivity index (χ3v) is 5.38. The molecule has 4 heteroatoms. The number of hydrogen-bond donors (Lipinski definition) is 0. The van der Waals surface area contributed by atoms with Gasteiger partial charge in [0.25, 0.3) is 0 Å². The van der Waals surface area contributed by atoms with Crippen LogP contribution in [0.5, 0.6) is 5.75 Å². The molecule has 0 saturated carbocycles. The minimum atomic E-state index is 0.0458. The lowest BCUT2D eigenvalue weighted by molar-refractivity contribution is -0.176. The number of ether oxygens (including phenoxy) is 4. The van der Waals surface area contributed by atoms with Gasteiger partial charge in [-0.2, -0.15) is 0 Å². The zero-order chi connectivity index (χ0) is 19.1. The van der Waals surface area contributed by atoms with E-state index in [1.165, 1.54) is 5.56 Å². The molecule has 2 atom stereocenters. The molecule has 0 N–H and O–H groups in total. The second-order valence-corrected chi connectivity index (χ2v) is 9.57. The number of rotatable bonds is 7. The fourth-order valence-electron chi connectivity index (χ4n) is 3.90. The first-order chi connectivity index (χ1) is 12.2. The highest BCUT2D eigenvalue weighted by Crippen LogP contribution is 2.52. The van der Waals surface area contributed by atoms with Gasteiger partial charge in [-0.1, -0.05) is 41.5 Å². The maximum absolute atomic E-state index is 5.95. The monoisotopic (exact) mass is 362 g/mol. The van der Waals surface area contributed by atoms with E-state index in [1.54, 1.807) is 7.11 Å². The Morgan fingerprint density at radius 2 is 1.65 bits per heavy atom. The van der Waals surface area contributed by atoms with Crippen LogP contribution in [0.25, 0.3) is 0 Å². The summed E-state index contributed by atoms with van der Waals surface area (Å²) in [5.74, 6) is 1.40. The molecule has 0 spiro atoms. The number of hydrogen-bond acceptors (Lipinski definition) is 4. The zero-order valence-electron chi connectivity index (χ0n) is 17.3. The lowest BCUT2D eigenvalue weighted by Crippen LogP contribution is -2.42. The van der Waals surface area contributed by atoms with Crippen LogP contribution in [0.3, 0.4) is 0 Å². The molecule has 0 radical (unpaired) electrons. The second-order valence-electron chi connectivity index (χ2n) is 9.57. The van der Waals surface area contributed by atoms with Crippen molar-refractivity contribution in [2.24, 2.45) is 16.7 Å². The van der Waals surface area contributed by atoms with Crippen molar-refractivity contribution in [3.63, 3.8) is 0 Å². The molecule has 0 aromatic heterocycles. The van der Waals surface area contributed by atoms with Crippen LogP contribution in [0.2, 0.25) is 0 Å². The van der Waals surface area contributed by atoms with Crippen LogP contribution >= 0.6 is 0 Å². The van der Waals surface area contributed by atoms with Crippen LogP contribution < -0.4 is 4.74 Å². The Morgan fingerprint density at radius 3 is 2.08 bits per heavy atom. The third kappa shape index (κ3) is 3.64. The molecule has 2 aliphatic heterocycles. The van der Waals surface area contributed by atoms with Crippen LogP contribution in [0.1, 0.15) is 70.4 Å². The van der Waals surface area contributed by atoms with Crippen molar-refractivity contribution < 1.29 is 18.9 Å². The van der Waals surface area contributed by atoms with Crippen molar-refractivity contribution in [1.29, 1.82) is 0 Å². The van der Waals surface area contributed by atoms with Gasteiger partial charge in [-0.05, 0) is 23.6 Å². The van der Waals surface area contributed by atoms with E-state index in [1.807, 2.05) is 0 Å². The molecule has 2 saturated heterocycles. The molecular weight excluding hydrogens is 328 g/mol. The van der Waals surface area contributed by atoms with Gasteiger partial charge in [-0.3, -0.25) is 0 Å². The predicted octanol–water partition coefficient (Wildman–Crippen LogP) is 5.06. The van der Waals surface area contributed by atoms with E-state index in [4.69, 9.17) is 18.9 Å². The molecule has 0 aliphatic carbocycles. The van der Waals surface area contributed by atoms with Gasteiger partial charge in [-0.25, -0.2) is 0 Å². The van der Waals surface area contributed by atoms with Gasteiger partial charge in [0, 0.05) is 28.6 Å². The van der Waals surface area contributed by atoms with Crippen molar-refractivity contribution in [3.8, 4) is 5.75 Å². The molecule has 4 nitrogen and oxygen atoms in total. The van der Waals surface area contributed by atoms with E-state index in [0.717, 1.165) is 36.7 Å². The van der Waals surface area contributed by atoms with Crippen molar-refractivity contribution >= 4 is 0 Å². The number of methoxy groups -OCH3 is 1. The van der Waals surface area contributed by atoms with Gasteiger partial charge >= 0.3 is 0 Å². The summed E-state index contributed by atoms with van der Waals surface area (Å²) in [7, 11) is 1.74. The molecule has 1 aromatic carbocycles. The highest BCUT2D eigenvalue weighted by molar-refractivity contribution is 5.48. The minimum Gasteiger partial charge on any atom is -0.496 e. The van der Waals surface area contributed by atoms with Crippen molar-refractivity contribution in [2.75, 3.05) is 26.9 Å². The summed E-state index contributed by atoms with van der Waals surface area (Å²) in [4.78, 5) is 0. The summed E-state index contributed by atoms with van der Waals surface area (Å²) < 4.78 is 23.6. The molecule has 26 heavy (non-hydrogen) atoms. The average Bonchev–Trinajstić information content (AvgIpc) is 2.52. The van der Waals surface area contributed by atoms with Gasteiger partial charge in [0.15, 0.2) is 0 Å². The Hall–Kier alpha value is -1.10. The smallest absolute Gasteiger partial charge is 0.130 e. The fraction of sp³-hybridized carbons (Fsp3) is 0.727. The maximum Gasteiger partial charge on any atom is 0.130 e. The molecule has 2 unspecified atom stereocenters. The van der Waals surface area contributed by atoms with Crippen molar-refractivity contribution in [1.82, 2.24) is 0 Å². The standard InChI is InChI=1S/C22H34O4/c1-14(2)10-24-11-16-8-15(19-21(3,4)12-25-19)9-17(18(16)23-7)20-22(5,6)13-26-20/h8-9,14,19-20H,10-13H2,1-7H3.